The van der Waals surface area contributed by atoms with E-state index in [2.05, 4.69) is 0 Å². The third-order valence-electron chi connectivity index (χ3n) is 2.55. The van der Waals surface area contributed by atoms with E-state index in [1.807, 2.05) is 0 Å². The van der Waals surface area contributed by atoms with Gasteiger partial charge in [0, 0.05) is 24.6 Å². The van der Waals surface area contributed by atoms with E-state index >= 15 is 0 Å². The lowest BCUT2D eigenvalue weighted by Gasteiger charge is -2.17. The van der Waals surface area contributed by atoms with Gasteiger partial charge in [-0.1, -0.05) is 0 Å². The molecular formula is C13H17F2NO2S. The maximum atomic E-state index is 13.3. The third kappa shape index (κ3) is 5.57. The van der Waals surface area contributed by atoms with Crippen LogP contribution < -0.4 is 0 Å². The molecule has 0 saturated carbocycles. The van der Waals surface area contributed by atoms with E-state index in [4.69, 9.17) is 5.11 Å². The van der Waals surface area contributed by atoms with Crippen molar-refractivity contribution in [1.29, 1.82) is 0 Å². The summed E-state index contributed by atoms with van der Waals surface area (Å²) in [5.74, 6) is -1.38. The van der Waals surface area contributed by atoms with E-state index < -0.39 is 17.7 Å². The molecule has 3 nitrogen and oxygen atoms in total. The second-order valence-corrected chi connectivity index (χ2v) is 5.33. The lowest BCUT2D eigenvalue weighted by molar-refractivity contribution is -0.127. The van der Waals surface area contributed by atoms with Crippen LogP contribution in [-0.4, -0.2) is 41.4 Å². The highest BCUT2D eigenvalue weighted by atomic mass is 32.2. The second kappa shape index (κ2) is 7.45. The van der Waals surface area contributed by atoms with Crippen LogP contribution in [0.4, 0.5) is 8.78 Å². The smallest absolute Gasteiger partial charge is 0.232 e. The minimum atomic E-state index is -0.663. The summed E-state index contributed by atoms with van der Waals surface area (Å²) in [6, 6.07) is 3.27. The van der Waals surface area contributed by atoms with Crippen LogP contribution >= 0.6 is 11.8 Å². The van der Waals surface area contributed by atoms with Crippen LogP contribution in [0.5, 0.6) is 0 Å². The highest BCUT2D eigenvalue weighted by molar-refractivity contribution is 8.00. The molecule has 0 radical (unpaired) electrons. The number of hydrogen-bond donors (Lipinski definition) is 1. The van der Waals surface area contributed by atoms with Crippen molar-refractivity contribution in [1.82, 2.24) is 4.90 Å². The van der Waals surface area contributed by atoms with Gasteiger partial charge in [-0.15, -0.1) is 11.8 Å². The Balaban J connectivity index is 2.45. The number of benzene rings is 1. The summed E-state index contributed by atoms with van der Waals surface area (Å²) in [7, 11) is 1.63. The summed E-state index contributed by atoms with van der Waals surface area (Å²) in [6.07, 6.45) is 0.0371. The highest BCUT2D eigenvalue weighted by Crippen LogP contribution is 2.22. The number of halogens is 2. The molecule has 0 fully saturated rings. The lowest BCUT2D eigenvalue weighted by atomic mass is 10.3. The van der Waals surface area contributed by atoms with Crippen molar-refractivity contribution < 1.29 is 18.7 Å². The van der Waals surface area contributed by atoms with Gasteiger partial charge >= 0.3 is 0 Å². The molecule has 1 aromatic carbocycles. The number of carbonyl (C=O) groups excluding carboxylic acids is 1. The van der Waals surface area contributed by atoms with Gasteiger partial charge in [-0.2, -0.15) is 0 Å². The van der Waals surface area contributed by atoms with Gasteiger partial charge in [0.1, 0.15) is 11.6 Å². The first-order valence-electron chi connectivity index (χ1n) is 5.90. The van der Waals surface area contributed by atoms with E-state index in [-0.39, 0.29) is 16.6 Å². The van der Waals surface area contributed by atoms with Crippen LogP contribution in [0.25, 0.3) is 0 Å². The van der Waals surface area contributed by atoms with Crippen LogP contribution in [0.15, 0.2) is 23.1 Å². The summed E-state index contributed by atoms with van der Waals surface area (Å²) in [5.41, 5.74) is 0. The molecule has 0 aromatic heterocycles. The molecule has 106 valence electrons. The molecule has 0 aliphatic rings. The standard InChI is InChI=1S/C13H17F2NO2S/c1-9(17)5-6-16(2)13(18)8-19-12-4-3-10(14)7-11(12)15/h3-4,7,9,17H,5-6,8H2,1-2H3. The average molecular weight is 289 g/mol. The van der Waals surface area contributed by atoms with Gasteiger partial charge in [-0.3, -0.25) is 4.79 Å². The molecule has 0 heterocycles. The molecule has 0 aliphatic heterocycles. The quantitative estimate of drug-likeness (QED) is 0.817. The van der Waals surface area contributed by atoms with Crippen molar-refractivity contribution in [3.05, 3.63) is 29.8 Å². The van der Waals surface area contributed by atoms with Gasteiger partial charge < -0.3 is 10.0 Å². The summed E-state index contributed by atoms with van der Waals surface area (Å²) in [4.78, 5) is 13.5. The van der Waals surface area contributed by atoms with Crippen LogP contribution in [0.3, 0.4) is 0 Å². The first-order valence-corrected chi connectivity index (χ1v) is 6.88. The molecule has 1 aromatic rings. The van der Waals surface area contributed by atoms with Gasteiger partial charge in [-0.25, -0.2) is 8.78 Å². The highest BCUT2D eigenvalue weighted by Gasteiger charge is 2.12. The minimum Gasteiger partial charge on any atom is -0.393 e. The Labute approximate surface area is 115 Å². The fourth-order valence-electron chi connectivity index (χ4n) is 1.35. The van der Waals surface area contributed by atoms with E-state index in [0.29, 0.717) is 13.0 Å². The number of aliphatic hydroxyl groups is 1. The second-order valence-electron chi connectivity index (χ2n) is 4.32. The van der Waals surface area contributed by atoms with Crippen LogP contribution in [0.1, 0.15) is 13.3 Å². The van der Waals surface area contributed by atoms with Crippen molar-refractivity contribution in [3.63, 3.8) is 0 Å². The monoisotopic (exact) mass is 289 g/mol. The maximum Gasteiger partial charge on any atom is 0.232 e. The first kappa shape index (κ1) is 15.9. The Kier molecular flexibility index (Phi) is 6.24. The summed E-state index contributed by atoms with van der Waals surface area (Å²) >= 11 is 1.03. The summed E-state index contributed by atoms with van der Waals surface area (Å²) in [5, 5.41) is 9.13. The molecule has 1 unspecified atom stereocenters. The number of aliphatic hydroxyl groups excluding tert-OH is 1. The zero-order valence-corrected chi connectivity index (χ0v) is 11.7. The van der Waals surface area contributed by atoms with E-state index in [1.165, 1.54) is 11.0 Å². The van der Waals surface area contributed by atoms with Gasteiger partial charge in [0.15, 0.2) is 0 Å². The van der Waals surface area contributed by atoms with Crippen LogP contribution in [0.2, 0.25) is 0 Å². The molecule has 1 atom stereocenters. The predicted molar refractivity (Wildman–Crippen MR) is 71.0 cm³/mol. The molecular weight excluding hydrogens is 272 g/mol. The van der Waals surface area contributed by atoms with Gasteiger partial charge in [0.2, 0.25) is 5.91 Å². The SMILES string of the molecule is CC(O)CCN(C)C(=O)CSc1ccc(F)cc1F. The zero-order chi connectivity index (χ0) is 14.4. The van der Waals surface area contributed by atoms with Crippen molar-refractivity contribution >= 4 is 17.7 Å². The first-order chi connectivity index (χ1) is 8.90. The van der Waals surface area contributed by atoms with Gasteiger partial charge in [-0.05, 0) is 25.5 Å². The van der Waals surface area contributed by atoms with Crippen molar-refractivity contribution in [3.8, 4) is 0 Å². The van der Waals surface area contributed by atoms with Crippen molar-refractivity contribution in [2.24, 2.45) is 0 Å². The largest absolute Gasteiger partial charge is 0.393 e. The summed E-state index contributed by atoms with van der Waals surface area (Å²) < 4.78 is 26.0. The fourth-order valence-corrected chi connectivity index (χ4v) is 2.21. The zero-order valence-electron chi connectivity index (χ0n) is 10.9. The van der Waals surface area contributed by atoms with Gasteiger partial charge in [0.25, 0.3) is 0 Å². The average Bonchev–Trinajstić information content (AvgIpc) is 2.34. The lowest BCUT2D eigenvalue weighted by Crippen LogP contribution is -2.30. The molecule has 1 amide bonds. The Morgan fingerprint density at radius 1 is 1.47 bits per heavy atom. The predicted octanol–water partition coefficient (Wildman–Crippen LogP) is 2.29. The molecule has 6 heteroatoms. The third-order valence-corrected chi connectivity index (χ3v) is 3.59. The van der Waals surface area contributed by atoms with Crippen molar-refractivity contribution in [2.75, 3.05) is 19.3 Å². The number of amides is 1. The normalized spacial score (nSPS) is 12.3. The topological polar surface area (TPSA) is 40.5 Å². The minimum absolute atomic E-state index is 0.0822. The maximum absolute atomic E-state index is 13.3. The molecule has 0 spiro atoms. The van der Waals surface area contributed by atoms with Crippen LogP contribution in [0, 0.1) is 11.6 Å². The Hall–Kier alpha value is -1.14. The summed E-state index contributed by atoms with van der Waals surface area (Å²) in [6.45, 7) is 2.10. The molecule has 0 saturated heterocycles. The molecule has 0 bridgehead atoms. The molecule has 1 rings (SSSR count). The molecule has 19 heavy (non-hydrogen) atoms. The molecule has 0 aliphatic carbocycles. The van der Waals surface area contributed by atoms with Crippen molar-refractivity contribution in [2.45, 2.75) is 24.3 Å². The molecule has 1 N–H and O–H groups in total. The van der Waals surface area contributed by atoms with E-state index in [9.17, 15) is 13.6 Å². The number of rotatable bonds is 6. The Morgan fingerprint density at radius 2 is 2.16 bits per heavy atom. The fraction of sp³-hybridized carbons (Fsp3) is 0.462. The Bertz CT molecular complexity index is 441. The number of thioether (sulfide) groups is 1. The number of carbonyl (C=O) groups is 1. The van der Waals surface area contributed by atoms with Gasteiger partial charge in [0.05, 0.1) is 11.9 Å². The number of nitrogens with zero attached hydrogens (tertiary/aromatic N) is 1. The van der Waals surface area contributed by atoms with E-state index in [1.54, 1.807) is 14.0 Å². The van der Waals surface area contributed by atoms with E-state index in [0.717, 1.165) is 23.9 Å². The Morgan fingerprint density at radius 3 is 2.74 bits per heavy atom. The number of hydrogen-bond acceptors (Lipinski definition) is 3. The van der Waals surface area contributed by atoms with Crippen LogP contribution in [-0.2, 0) is 4.79 Å².